The zero-order chi connectivity index (χ0) is 13.5. The molecule has 0 aromatic heterocycles. The number of benzene rings is 2. The Balaban J connectivity index is 2.30. The molecule has 2 heteroatoms. The molecule has 0 aliphatic carbocycles. The van der Waals surface area contributed by atoms with Crippen molar-refractivity contribution in [2.75, 3.05) is 6.61 Å². The van der Waals surface area contributed by atoms with E-state index in [2.05, 4.69) is 18.4 Å². The number of hydrogen-bond acceptors (Lipinski definition) is 1. The van der Waals surface area contributed by atoms with Gasteiger partial charge in [0.15, 0.2) is 0 Å². The highest BCUT2D eigenvalue weighted by atomic mass is 19.1. The predicted octanol–water partition coefficient (Wildman–Crippen LogP) is 3.79. The molecule has 0 radical (unpaired) electrons. The maximum atomic E-state index is 13.3. The standard InChI is InChI=1S/C17H13FO/c1-2-12-19-17-11-10-16(18)13-15(17)9-8-14-6-4-3-5-7-14/h2-7,10-11,13H,1,12H2. The van der Waals surface area contributed by atoms with Crippen LogP contribution in [0.3, 0.4) is 0 Å². The second-order valence-electron chi connectivity index (χ2n) is 3.86. The molecule has 0 saturated heterocycles. The molecule has 0 bridgehead atoms. The van der Waals surface area contributed by atoms with E-state index in [9.17, 15) is 4.39 Å². The molecule has 0 atom stereocenters. The third kappa shape index (κ3) is 3.72. The molecule has 94 valence electrons. The van der Waals surface area contributed by atoms with E-state index >= 15 is 0 Å². The Hall–Kier alpha value is -2.53. The summed E-state index contributed by atoms with van der Waals surface area (Å²) >= 11 is 0. The summed E-state index contributed by atoms with van der Waals surface area (Å²) in [5.41, 5.74) is 1.41. The lowest BCUT2D eigenvalue weighted by Crippen LogP contribution is -1.96. The average Bonchev–Trinajstić information content (AvgIpc) is 2.45. The Bertz CT molecular complexity index is 621. The first-order chi connectivity index (χ1) is 9.29. The molecule has 2 aromatic carbocycles. The smallest absolute Gasteiger partial charge is 0.135 e. The van der Waals surface area contributed by atoms with Crippen molar-refractivity contribution < 1.29 is 9.13 Å². The molecule has 0 heterocycles. The molecule has 0 aliphatic rings. The fourth-order valence-corrected chi connectivity index (χ4v) is 1.54. The molecular weight excluding hydrogens is 239 g/mol. The van der Waals surface area contributed by atoms with Gasteiger partial charge in [0, 0.05) is 5.56 Å². The van der Waals surface area contributed by atoms with Crippen LogP contribution in [0, 0.1) is 17.7 Å². The van der Waals surface area contributed by atoms with E-state index in [1.807, 2.05) is 30.3 Å². The third-order valence-electron chi connectivity index (χ3n) is 2.41. The number of rotatable bonds is 3. The van der Waals surface area contributed by atoms with Crippen LogP contribution in [0.1, 0.15) is 11.1 Å². The molecule has 0 spiro atoms. The van der Waals surface area contributed by atoms with Gasteiger partial charge in [0.25, 0.3) is 0 Å². The van der Waals surface area contributed by atoms with Gasteiger partial charge in [0.05, 0.1) is 5.56 Å². The van der Waals surface area contributed by atoms with Gasteiger partial charge in [-0.15, -0.1) is 0 Å². The van der Waals surface area contributed by atoms with E-state index in [-0.39, 0.29) is 5.82 Å². The van der Waals surface area contributed by atoms with Crippen molar-refractivity contribution in [2.45, 2.75) is 0 Å². The van der Waals surface area contributed by atoms with Gasteiger partial charge in [-0.2, -0.15) is 0 Å². The van der Waals surface area contributed by atoms with Gasteiger partial charge in [-0.25, -0.2) is 4.39 Å². The molecule has 0 amide bonds. The quantitative estimate of drug-likeness (QED) is 0.596. The molecule has 0 aliphatic heterocycles. The van der Waals surface area contributed by atoms with E-state index in [1.54, 1.807) is 12.1 Å². The first-order valence-electron chi connectivity index (χ1n) is 5.90. The Morgan fingerprint density at radius 2 is 1.89 bits per heavy atom. The van der Waals surface area contributed by atoms with E-state index < -0.39 is 0 Å². The van der Waals surface area contributed by atoms with Crippen LogP contribution in [0.25, 0.3) is 0 Å². The molecular formula is C17H13FO. The molecule has 2 aromatic rings. The minimum absolute atomic E-state index is 0.330. The van der Waals surface area contributed by atoms with Gasteiger partial charge >= 0.3 is 0 Å². The summed E-state index contributed by atoms with van der Waals surface area (Å²) in [6.07, 6.45) is 1.64. The fourth-order valence-electron chi connectivity index (χ4n) is 1.54. The summed E-state index contributed by atoms with van der Waals surface area (Å²) in [6.45, 7) is 3.95. The monoisotopic (exact) mass is 252 g/mol. The van der Waals surface area contributed by atoms with Crippen LogP contribution in [0.2, 0.25) is 0 Å². The number of halogens is 1. The zero-order valence-electron chi connectivity index (χ0n) is 10.4. The third-order valence-corrected chi connectivity index (χ3v) is 2.41. The highest BCUT2D eigenvalue weighted by Gasteiger charge is 2.02. The summed E-state index contributed by atoms with van der Waals surface area (Å²) < 4.78 is 18.7. The second-order valence-corrected chi connectivity index (χ2v) is 3.86. The van der Waals surface area contributed by atoms with Crippen molar-refractivity contribution in [1.29, 1.82) is 0 Å². The molecule has 2 rings (SSSR count). The maximum Gasteiger partial charge on any atom is 0.135 e. The van der Waals surface area contributed by atoms with Crippen LogP contribution in [-0.4, -0.2) is 6.61 Å². The van der Waals surface area contributed by atoms with Crippen molar-refractivity contribution in [3.05, 3.63) is 78.1 Å². The van der Waals surface area contributed by atoms with Crippen molar-refractivity contribution in [1.82, 2.24) is 0 Å². The Labute approximate surface area is 112 Å². The van der Waals surface area contributed by atoms with E-state index in [0.717, 1.165) is 5.56 Å². The minimum Gasteiger partial charge on any atom is -0.488 e. The Morgan fingerprint density at radius 3 is 2.63 bits per heavy atom. The van der Waals surface area contributed by atoms with Crippen LogP contribution >= 0.6 is 0 Å². The first-order valence-corrected chi connectivity index (χ1v) is 5.90. The minimum atomic E-state index is -0.330. The fraction of sp³-hybridized carbons (Fsp3) is 0.0588. The van der Waals surface area contributed by atoms with Gasteiger partial charge in [0.2, 0.25) is 0 Å². The summed E-state index contributed by atoms with van der Waals surface area (Å²) in [7, 11) is 0. The average molecular weight is 252 g/mol. The lowest BCUT2D eigenvalue weighted by atomic mass is 10.1. The molecule has 19 heavy (non-hydrogen) atoms. The summed E-state index contributed by atoms with van der Waals surface area (Å²) in [6, 6.07) is 13.8. The van der Waals surface area contributed by atoms with Crippen molar-refractivity contribution >= 4 is 0 Å². The van der Waals surface area contributed by atoms with Gasteiger partial charge in [0.1, 0.15) is 18.2 Å². The summed E-state index contributed by atoms with van der Waals surface area (Å²) in [5, 5.41) is 0. The summed E-state index contributed by atoms with van der Waals surface area (Å²) in [5.74, 6) is 6.14. The van der Waals surface area contributed by atoms with E-state index in [0.29, 0.717) is 17.9 Å². The summed E-state index contributed by atoms with van der Waals surface area (Å²) in [4.78, 5) is 0. The lowest BCUT2D eigenvalue weighted by molar-refractivity contribution is 0.361. The van der Waals surface area contributed by atoms with Crippen molar-refractivity contribution in [3.63, 3.8) is 0 Å². The highest BCUT2D eigenvalue weighted by molar-refractivity contribution is 5.49. The topological polar surface area (TPSA) is 9.23 Å². The van der Waals surface area contributed by atoms with Crippen LogP contribution in [-0.2, 0) is 0 Å². The predicted molar refractivity (Wildman–Crippen MR) is 74.5 cm³/mol. The van der Waals surface area contributed by atoms with Gasteiger partial charge in [-0.05, 0) is 30.3 Å². The molecule has 0 saturated carbocycles. The highest BCUT2D eigenvalue weighted by Crippen LogP contribution is 2.18. The number of hydrogen-bond donors (Lipinski definition) is 0. The molecule has 0 fully saturated rings. The normalized spacial score (nSPS) is 9.32. The molecule has 0 N–H and O–H groups in total. The largest absolute Gasteiger partial charge is 0.488 e. The van der Waals surface area contributed by atoms with Crippen molar-refractivity contribution in [3.8, 4) is 17.6 Å². The van der Waals surface area contributed by atoms with Gasteiger partial charge in [-0.1, -0.05) is 42.7 Å². The van der Waals surface area contributed by atoms with Crippen LogP contribution in [0.5, 0.6) is 5.75 Å². The van der Waals surface area contributed by atoms with Crippen LogP contribution in [0.4, 0.5) is 4.39 Å². The first kappa shape index (κ1) is 12.9. The van der Waals surface area contributed by atoms with Gasteiger partial charge in [-0.3, -0.25) is 0 Å². The van der Waals surface area contributed by atoms with E-state index in [4.69, 9.17) is 4.74 Å². The van der Waals surface area contributed by atoms with Gasteiger partial charge < -0.3 is 4.74 Å². The maximum absolute atomic E-state index is 13.3. The Morgan fingerprint density at radius 1 is 1.11 bits per heavy atom. The van der Waals surface area contributed by atoms with Crippen molar-refractivity contribution in [2.24, 2.45) is 0 Å². The Kier molecular flexibility index (Phi) is 4.36. The molecule has 0 unspecified atom stereocenters. The zero-order valence-corrected chi connectivity index (χ0v) is 10.4. The van der Waals surface area contributed by atoms with Crippen LogP contribution in [0.15, 0.2) is 61.2 Å². The number of ether oxygens (including phenoxy) is 1. The SMILES string of the molecule is C=CCOc1ccc(F)cc1C#Cc1ccccc1. The second kappa shape index (κ2) is 6.42. The lowest BCUT2D eigenvalue weighted by Gasteiger charge is -2.05. The van der Waals surface area contributed by atoms with E-state index in [1.165, 1.54) is 12.1 Å². The molecule has 1 nitrogen and oxygen atoms in total. The van der Waals surface area contributed by atoms with Crippen LogP contribution < -0.4 is 4.74 Å².